The SMILES string of the molecule is Nc1ccccc1CCN1CCC(CN2Cc3ccccc3C2=O)CC1. The third-order valence-electron chi connectivity index (χ3n) is 5.83. The molecule has 1 saturated heterocycles. The molecule has 0 radical (unpaired) electrons. The largest absolute Gasteiger partial charge is 0.399 e. The first kappa shape index (κ1) is 17.1. The summed E-state index contributed by atoms with van der Waals surface area (Å²) in [5.41, 5.74) is 10.3. The van der Waals surface area contributed by atoms with Crippen LogP contribution in [0.15, 0.2) is 48.5 Å². The number of hydrogen-bond donors (Lipinski definition) is 1. The molecule has 0 atom stereocenters. The fourth-order valence-electron chi connectivity index (χ4n) is 4.21. The number of amides is 1. The van der Waals surface area contributed by atoms with Gasteiger partial charge in [-0.25, -0.2) is 0 Å². The van der Waals surface area contributed by atoms with Gasteiger partial charge in [0.2, 0.25) is 0 Å². The second-order valence-electron chi connectivity index (χ2n) is 7.58. The quantitative estimate of drug-likeness (QED) is 0.844. The molecule has 2 aromatic rings. The van der Waals surface area contributed by atoms with E-state index in [1.807, 2.05) is 35.2 Å². The van der Waals surface area contributed by atoms with Crippen LogP contribution >= 0.6 is 0 Å². The van der Waals surface area contributed by atoms with E-state index >= 15 is 0 Å². The number of nitrogens with zero attached hydrogens (tertiary/aromatic N) is 2. The number of benzene rings is 2. The zero-order chi connectivity index (χ0) is 17.9. The van der Waals surface area contributed by atoms with Crippen LogP contribution in [0.3, 0.4) is 0 Å². The number of rotatable bonds is 5. The zero-order valence-electron chi connectivity index (χ0n) is 15.2. The monoisotopic (exact) mass is 349 g/mol. The molecule has 4 rings (SSSR count). The molecule has 0 aliphatic carbocycles. The molecular weight excluding hydrogens is 322 g/mol. The Morgan fingerprint density at radius 3 is 2.50 bits per heavy atom. The molecule has 2 heterocycles. The van der Waals surface area contributed by atoms with Crippen molar-refractivity contribution in [2.24, 2.45) is 5.92 Å². The highest BCUT2D eigenvalue weighted by Crippen LogP contribution is 2.26. The highest BCUT2D eigenvalue weighted by molar-refractivity contribution is 5.98. The van der Waals surface area contributed by atoms with Gasteiger partial charge in [-0.05, 0) is 61.5 Å². The maximum Gasteiger partial charge on any atom is 0.254 e. The first-order chi connectivity index (χ1) is 12.7. The minimum Gasteiger partial charge on any atom is -0.399 e. The third kappa shape index (κ3) is 3.61. The average Bonchev–Trinajstić information content (AvgIpc) is 2.98. The topological polar surface area (TPSA) is 49.6 Å². The number of nitrogens with two attached hydrogens (primary N) is 1. The molecule has 2 aliphatic rings. The lowest BCUT2D eigenvalue weighted by Gasteiger charge is -2.34. The van der Waals surface area contributed by atoms with Crippen LogP contribution in [0.5, 0.6) is 0 Å². The Morgan fingerprint density at radius 1 is 1.00 bits per heavy atom. The predicted molar refractivity (Wildman–Crippen MR) is 105 cm³/mol. The van der Waals surface area contributed by atoms with Crippen molar-refractivity contribution in [3.63, 3.8) is 0 Å². The van der Waals surface area contributed by atoms with Gasteiger partial charge >= 0.3 is 0 Å². The van der Waals surface area contributed by atoms with E-state index in [9.17, 15) is 4.79 Å². The number of nitrogen functional groups attached to an aromatic ring is 1. The molecule has 136 valence electrons. The second-order valence-corrected chi connectivity index (χ2v) is 7.58. The average molecular weight is 349 g/mol. The van der Waals surface area contributed by atoms with Gasteiger partial charge < -0.3 is 15.5 Å². The molecule has 26 heavy (non-hydrogen) atoms. The van der Waals surface area contributed by atoms with Crippen LogP contribution < -0.4 is 5.73 Å². The van der Waals surface area contributed by atoms with Gasteiger partial charge in [-0.2, -0.15) is 0 Å². The summed E-state index contributed by atoms with van der Waals surface area (Å²) in [4.78, 5) is 17.1. The number of piperidine rings is 1. The first-order valence-electron chi connectivity index (χ1n) is 9.63. The summed E-state index contributed by atoms with van der Waals surface area (Å²) in [6.07, 6.45) is 3.35. The van der Waals surface area contributed by atoms with E-state index in [-0.39, 0.29) is 5.91 Å². The molecule has 0 unspecified atom stereocenters. The maximum absolute atomic E-state index is 12.5. The Labute approximate surface area is 155 Å². The lowest BCUT2D eigenvalue weighted by atomic mass is 9.96. The summed E-state index contributed by atoms with van der Waals surface area (Å²) in [6.45, 7) is 4.98. The first-order valence-corrected chi connectivity index (χ1v) is 9.63. The van der Waals surface area contributed by atoms with Crippen LogP contribution in [0.4, 0.5) is 5.69 Å². The van der Waals surface area contributed by atoms with E-state index < -0.39 is 0 Å². The molecule has 0 bridgehead atoms. The van der Waals surface area contributed by atoms with Crippen molar-refractivity contribution in [1.82, 2.24) is 9.80 Å². The zero-order valence-corrected chi connectivity index (χ0v) is 15.2. The third-order valence-corrected chi connectivity index (χ3v) is 5.83. The van der Waals surface area contributed by atoms with E-state index in [2.05, 4.69) is 23.1 Å². The predicted octanol–water partition coefficient (Wildman–Crippen LogP) is 3.18. The Balaban J connectivity index is 1.25. The van der Waals surface area contributed by atoms with Crippen LogP contribution in [-0.4, -0.2) is 41.9 Å². The number of carbonyl (C=O) groups is 1. The van der Waals surface area contributed by atoms with Gasteiger partial charge in [-0.3, -0.25) is 4.79 Å². The molecule has 4 heteroatoms. The Kier molecular flexibility index (Phi) is 4.93. The molecule has 2 N–H and O–H groups in total. The Morgan fingerprint density at radius 2 is 1.73 bits per heavy atom. The van der Waals surface area contributed by atoms with Crippen molar-refractivity contribution >= 4 is 11.6 Å². The van der Waals surface area contributed by atoms with Gasteiger partial charge in [-0.1, -0.05) is 36.4 Å². The molecule has 2 aromatic carbocycles. The molecule has 0 aromatic heterocycles. The molecule has 0 spiro atoms. The smallest absolute Gasteiger partial charge is 0.254 e. The van der Waals surface area contributed by atoms with Crippen LogP contribution in [0.2, 0.25) is 0 Å². The fourth-order valence-corrected chi connectivity index (χ4v) is 4.21. The number of carbonyl (C=O) groups excluding carboxylic acids is 1. The number of para-hydroxylation sites is 1. The molecule has 4 nitrogen and oxygen atoms in total. The van der Waals surface area contributed by atoms with Crippen LogP contribution in [-0.2, 0) is 13.0 Å². The maximum atomic E-state index is 12.5. The van der Waals surface area contributed by atoms with Gasteiger partial charge in [0.1, 0.15) is 0 Å². The summed E-state index contributed by atoms with van der Waals surface area (Å²) >= 11 is 0. The molecule has 2 aliphatic heterocycles. The van der Waals surface area contributed by atoms with Crippen molar-refractivity contribution in [3.05, 3.63) is 65.2 Å². The molecule has 0 saturated carbocycles. The number of hydrogen-bond acceptors (Lipinski definition) is 3. The molecular formula is C22H27N3O. The van der Waals surface area contributed by atoms with Gasteiger partial charge in [-0.15, -0.1) is 0 Å². The minimum atomic E-state index is 0.211. The van der Waals surface area contributed by atoms with E-state index in [0.717, 1.165) is 50.4 Å². The highest BCUT2D eigenvalue weighted by Gasteiger charge is 2.29. The Bertz CT molecular complexity index is 780. The van der Waals surface area contributed by atoms with E-state index in [1.165, 1.54) is 24.0 Å². The highest BCUT2D eigenvalue weighted by atomic mass is 16.2. The summed E-state index contributed by atoms with van der Waals surface area (Å²) < 4.78 is 0. The Hall–Kier alpha value is -2.33. The van der Waals surface area contributed by atoms with E-state index in [1.54, 1.807) is 0 Å². The lowest BCUT2D eigenvalue weighted by Crippen LogP contribution is -2.39. The number of fused-ring (bicyclic) bond motifs is 1. The molecule has 1 amide bonds. The van der Waals surface area contributed by atoms with Gasteiger partial charge in [0.15, 0.2) is 0 Å². The van der Waals surface area contributed by atoms with Gasteiger partial charge in [0.25, 0.3) is 5.91 Å². The summed E-state index contributed by atoms with van der Waals surface area (Å²) in [6, 6.07) is 16.2. The standard InChI is InChI=1S/C22H27N3O/c23-21-8-4-2-5-18(21)11-14-24-12-9-17(10-13-24)15-25-16-19-6-1-3-7-20(19)22(25)26/h1-8,17H,9-16,23H2. The van der Waals surface area contributed by atoms with Crippen molar-refractivity contribution in [2.45, 2.75) is 25.8 Å². The van der Waals surface area contributed by atoms with Gasteiger partial charge in [0.05, 0.1) is 0 Å². The minimum absolute atomic E-state index is 0.211. The summed E-state index contributed by atoms with van der Waals surface area (Å²) in [5, 5.41) is 0. The van der Waals surface area contributed by atoms with Crippen molar-refractivity contribution in [2.75, 3.05) is 31.9 Å². The van der Waals surface area contributed by atoms with Crippen LogP contribution in [0, 0.1) is 5.92 Å². The summed E-state index contributed by atoms with van der Waals surface area (Å²) in [5.74, 6) is 0.828. The van der Waals surface area contributed by atoms with E-state index in [0.29, 0.717) is 5.92 Å². The molecule has 1 fully saturated rings. The number of anilines is 1. The van der Waals surface area contributed by atoms with E-state index in [4.69, 9.17) is 5.73 Å². The lowest BCUT2D eigenvalue weighted by molar-refractivity contribution is 0.0714. The normalized spacial score (nSPS) is 18.3. The van der Waals surface area contributed by atoms with Crippen molar-refractivity contribution < 1.29 is 4.79 Å². The van der Waals surface area contributed by atoms with Crippen molar-refractivity contribution in [3.8, 4) is 0 Å². The van der Waals surface area contributed by atoms with Gasteiger partial charge in [0, 0.05) is 30.9 Å². The summed E-state index contributed by atoms with van der Waals surface area (Å²) in [7, 11) is 0. The van der Waals surface area contributed by atoms with Crippen LogP contribution in [0.25, 0.3) is 0 Å². The fraction of sp³-hybridized carbons (Fsp3) is 0.409. The second kappa shape index (κ2) is 7.50. The van der Waals surface area contributed by atoms with Crippen molar-refractivity contribution in [1.29, 1.82) is 0 Å². The number of likely N-dealkylation sites (tertiary alicyclic amines) is 1. The van der Waals surface area contributed by atoms with Crippen LogP contribution in [0.1, 0.15) is 34.3 Å².